The summed E-state index contributed by atoms with van der Waals surface area (Å²) >= 11 is 0. The summed E-state index contributed by atoms with van der Waals surface area (Å²) < 4.78 is 45.5. The van der Waals surface area contributed by atoms with Crippen molar-refractivity contribution in [3.8, 4) is 0 Å². The van der Waals surface area contributed by atoms with Gasteiger partial charge in [-0.15, -0.1) is 0 Å². The number of hydrogen-bond acceptors (Lipinski definition) is 4. The molecule has 1 atom stereocenters. The number of ether oxygens (including phenoxy) is 1. The average molecular weight is 606 g/mol. The topological polar surface area (TPSA) is 87.7 Å². The summed E-state index contributed by atoms with van der Waals surface area (Å²) in [5, 5.41) is 4.85. The summed E-state index contributed by atoms with van der Waals surface area (Å²) in [7, 11) is 0. The lowest BCUT2D eigenvalue weighted by Crippen LogP contribution is -2.53. The summed E-state index contributed by atoms with van der Waals surface area (Å²) in [6, 6.07) is 16.5. The van der Waals surface area contributed by atoms with Crippen molar-refractivity contribution < 1.29 is 32.3 Å². The van der Waals surface area contributed by atoms with Crippen molar-refractivity contribution >= 4 is 17.9 Å². The molecule has 0 bridgehead atoms. The third-order valence-electron chi connectivity index (χ3n) is 6.99. The lowest BCUT2D eigenvalue weighted by atomic mass is 10.0. The number of unbranched alkanes of at least 4 members (excludes halogenated alkanes) is 9. The maximum absolute atomic E-state index is 13.5. The molecule has 2 aromatic carbocycles. The minimum absolute atomic E-state index is 0.00870. The van der Waals surface area contributed by atoms with Crippen molar-refractivity contribution in [2.24, 2.45) is 0 Å². The minimum atomic E-state index is -4.58. The molecule has 0 fully saturated rings. The molecule has 0 aromatic heterocycles. The Morgan fingerprint density at radius 3 is 1.88 bits per heavy atom. The average Bonchev–Trinajstić information content (AvgIpc) is 2.99. The first-order valence-corrected chi connectivity index (χ1v) is 15.3. The van der Waals surface area contributed by atoms with Crippen LogP contribution in [0.4, 0.5) is 18.0 Å². The Bertz CT molecular complexity index is 1070. The van der Waals surface area contributed by atoms with E-state index in [9.17, 15) is 27.6 Å². The number of benzene rings is 2. The largest absolute Gasteiger partial charge is 0.445 e. The van der Waals surface area contributed by atoms with Crippen LogP contribution in [-0.2, 0) is 27.4 Å². The summed E-state index contributed by atoms with van der Waals surface area (Å²) in [4.78, 5) is 39.0. The molecule has 3 amide bonds. The second-order valence-corrected chi connectivity index (χ2v) is 10.8. The zero-order chi connectivity index (χ0) is 31.3. The number of rotatable bonds is 20. The first-order valence-electron chi connectivity index (χ1n) is 15.3. The number of carbonyl (C=O) groups excluding carboxylic acids is 3. The van der Waals surface area contributed by atoms with Gasteiger partial charge in [0.2, 0.25) is 11.8 Å². The van der Waals surface area contributed by atoms with E-state index in [-0.39, 0.29) is 19.6 Å². The first kappa shape index (κ1) is 35.6. The van der Waals surface area contributed by atoms with Crippen LogP contribution < -0.4 is 10.6 Å². The number of nitrogens with one attached hydrogen (secondary N) is 2. The molecule has 0 aliphatic heterocycles. The van der Waals surface area contributed by atoms with Crippen molar-refractivity contribution in [3.05, 3.63) is 71.8 Å². The number of alkyl carbamates (subject to hydrolysis) is 1. The predicted octanol–water partition coefficient (Wildman–Crippen LogP) is 6.95. The molecule has 7 nitrogen and oxygen atoms in total. The SMILES string of the molecule is CCCCCCCCCCCCN(CC(F)(F)F)C(=O)[C@H](Cc1ccccc1)NC(=O)CNC(=O)OCc1ccccc1. The van der Waals surface area contributed by atoms with Crippen LogP contribution >= 0.6 is 0 Å². The Labute approximate surface area is 253 Å². The Morgan fingerprint density at radius 2 is 1.33 bits per heavy atom. The van der Waals surface area contributed by atoms with E-state index in [1.807, 2.05) is 6.07 Å². The van der Waals surface area contributed by atoms with Crippen molar-refractivity contribution in [3.63, 3.8) is 0 Å². The Morgan fingerprint density at radius 1 is 0.791 bits per heavy atom. The quantitative estimate of drug-likeness (QED) is 0.160. The highest BCUT2D eigenvalue weighted by Crippen LogP contribution is 2.19. The third kappa shape index (κ3) is 16.6. The molecule has 2 N–H and O–H groups in total. The molecule has 0 saturated carbocycles. The second-order valence-electron chi connectivity index (χ2n) is 10.8. The standard InChI is InChI=1S/C33H46F3N3O4/c1-2-3-4-5-6-7-8-9-10-17-22-39(26-33(34,35)36)31(41)29(23-27-18-13-11-14-19-27)38-30(40)24-37-32(42)43-25-28-20-15-12-16-21-28/h11-16,18-21,29H,2-10,17,22-26H2,1H3,(H,37,42)(H,38,40)/t29-/m0/s1. The molecule has 43 heavy (non-hydrogen) atoms. The fourth-order valence-corrected chi connectivity index (χ4v) is 4.72. The van der Waals surface area contributed by atoms with E-state index < -0.39 is 43.2 Å². The molecular formula is C33H46F3N3O4. The summed E-state index contributed by atoms with van der Waals surface area (Å²) in [5.74, 6) is -1.52. The van der Waals surface area contributed by atoms with Gasteiger partial charge in [0.1, 0.15) is 25.7 Å². The molecule has 238 valence electrons. The number of carbonyl (C=O) groups is 3. The van der Waals surface area contributed by atoms with Gasteiger partial charge in [-0.25, -0.2) is 4.79 Å². The van der Waals surface area contributed by atoms with Gasteiger partial charge in [0.05, 0.1) is 0 Å². The monoisotopic (exact) mass is 605 g/mol. The van der Waals surface area contributed by atoms with Gasteiger partial charge in [-0.3, -0.25) is 9.59 Å². The van der Waals surface area contributed by atoms with Crippen LogP contribution in [0.1, 0.15) is 82.3 Å². The molecule has 0 unspecified atom stereocenters. The highest BCUT2D eigenvalue weighted by molar-refractivity contribution is 5.89. The van der Waals surface area contributed by atoms with Gasteiger partial charge in [0.15, 0.2) is 0 Å². The second kappa shape index (κ2) is 20.4. The Hall–Kier alpha value is -3.56. The highest BCUT2D eigenvalue weighted by atomic mass is 19.4. The van der Waals surface area contributed by atoms with Gasteiger partial charge in [-0.2, -0.15) is 13.2 Å². The molecule has 0 heterocycles. The van der Waals surface area contributed by atoms with E-state index in [1.54, 1.807) is 54.6 Å². The molecule has 2 aromatic rings. The van der Waals surface area contributed by atoms with Crippen LogP contribution in [0.15, 0.2) is 60.7 Å². The lowest BCUT2D eigenvalue weighted by Gasteiger charge is -2.29. The number of nitrogens with zero attached hydrogens (tertiary/aromatic N) is 1. The third-order valence-corrected chi connectivity index (χ3v) is 6.99. The lowest BCUT2D eigenvalue weighted by molar-refractivity contribution is -0.163. The molecular weight excluding hydrogens is 559 g/mol. The van der Waals surface area contributed by atoms with Gasteiger partial charge in [-0.1, -0.05) is 125 Å². The predicted molar refractivity (Wildman–Crippen MR) is 161 cm³/mol. The number of hydrogen-bond donors (Lipinski definition) is 2. The zero-order valence-electron chi connectivity index (χ0n) is 25.2. The molecule has 2 rings (SSSR count). The summed E-state index contributed by atoms with van der Waals surface area (Å²) in [5.41, 5.74) is 1.45. The number of amides is 3. The van der Waals surface area contributed by atoms with Crippen LogP contribution in [0.5, 0.6) is 0 Å². The van der Waals surface area contributed by atoms with Crippen LogP contribution in [0, 0.1) is 0 Å². The van der Waals surface area contributed by atoms with E-state index in [1.165, 1.54) is 32.1 Å². The van der Waals surface area contributed by atoms with Gasteiger partial charge in [-0.05, 0) is 17.5 Å². The molecule has 0 radical (unpaired) electrons. The summed E-state index contributed by atoms with van der Waals surface area (Å²) in [6.07, 6.45) is 4.84. The Balaban J connectivity index is 1.93. The minimum Gasteiger partial charge on any atom is -0.445 e. The van der Waals surface area contributed by atoms with E-state index in [0.29, 0.717) is 12.0 Å². The summed E-state index contributed by atoms with van der Waals surface area (Å²) in [6.45, 7) is 0.238. The van der Waals surface area contributed by atoms with E-state index in [0.717, 1.165) is 36.1 Å². The van der Waals surface area contributed by atoms with E-state index in [2.05, 4.69) is 17.6 Å². The van der Waals surface area contributed by atoms with E-state index >= 15 is 0 Å². The van der Waals surface area contributed by atoms with Gasteiger partial charge < -0.3 is 20.3 Å². The van der Waals surface area contributed by atoms with Crippen molar-refractivity contribution in [2.45, 2.75) is 96.4 Å². The Kier molecular flexibility index (Phi) is 16.9. The van der Waals surface area contributed by atoms with Crippen molar-refractivity contribution in [1.29, 1.82) is 0 Å². The molecule has 0 aliphatic carbocycles. The number of alkyl halides is 3. The maximum atomic E-state index is 13.5. The van der Waals surface area contributed by atoms with Crippen molar-refractivity contribution in [2.75, 3.05) is 19.6 Å². The van der Waals surface area contributed by atoms with Gasteiger partial charge in [0.25, 0.3) is 0 Å². The fourth-order valence-electron chi connectivity index (χ4n) is 4.72. The normalized spacial score (nSPS) is 11.9. The van der Waals surface area contributed by atoms with Crippen LogP contribution in [0.2, 0.25) is 0 Å². The first-order chi connectivity index (χ1) is 20.7. The van der Waals surface area contributed by atoms with Crippen molar-refractivity contribution in [1.82, 2.24) is 15.5 Å². The smallest absolute Gasteiger partial charge is 0.407 e. The van der Waals surface area contributed by atoms with Gasteiger partial charge in [0, 0.05) is 13.0 Å². The highest BCUT2D eigenvalue weighted by Gasteiger charge is 2.35. The van der Waals surface area contributed by atoms with Gasteiger partial charge >= 0.3 is 12.3 Å². The molecule has 0 spiro atoms. The van der Waals surface area contributed by atoms with Crippen LogP contribution in [-0.4, -0.2) is 54.7 Å². The fraction of sp³-hybridized carbons (Fsp3) is 0.545. The number of halogens is 3. The molecule has 0 aliphatic rings. The van der Waals surface area contributed by atoms with E-state index in [4.69, 9.17) is 4.74 Å². The maximum Gasteiger partial charge on any atom is 0.407 e. The molecule has 0 saturated heterocycles. The zero-order valence-corrected chi connectivity index (χ0v) is 25.2. The van der Waals surface area contributed by atoms with Crippen LogP contribution in [0.25, 0.3) is 0 Å². The van der Waals surface area contributed by atoms with Crippen LogP contribution in [0.3, 0.4) is 0 Å². The molecule has 10 heteroatoms.